The Labute approximate surface area is 282 Å². The summed E-state index contributed by atoms with van der Waals surface area (Å²) in [4.78, 5) is 22.4. The molecule has 1 aromatic carbocycles. The number of fused-ring (bicyclic) bond motifs is 4. The molecule has 246 valence electrons. The summed E-state index contributed by atoms with van der Waals surface area (Å²) in [6, 6.07) is 7.39. The quantitative estimate of drug-likeness (QED) is 0.169. The van der Waals surface area contributed by atoms with Gasteiger partial charge in [0, 0.05) is 66.1 Å². The van der Waals surface area contributed by atoms with Gasteiger partial charge in [0.25, 0.3) is 0 Å². The van der Waals surface area contributed by atoms with E-state index in [1.807, 2.05) is 18.2 Å². The zero-order valence-electron chi connectivity index (χ0n) is 26.1. The minimum Gasteiger partial charge on any atom is -0.493 e. The molecule has 0 atom stereocenters. The number of halogens is 2. The van der Waals surface area contributed by atoms with Crippen LogP contribution in [0.1, 0.15) is 79.1 Å². The average Bonchev–Trinajstić information content (AvgIpc) is 3.82. The number of methoxy groups -OCH3 is 1. The minimum atomic E-state index is -1.04. The zero-order chi connectivity index (χ0) is 32.3. The molecule has 12 heteroatoms. The van der Waals surface area contributed by atoms with E-state index in [1.165, 1.54) is 0 Å². The van der Waals surface area contributed by atoms with Gasteiger partial charge in [0.1, 0.15) is 17.2 Å². The third-order valence-corrected chi connectivity index (χ3v) is 11.3. The molecule has 4 aromatic rings. The monoisotopic (exact) mass is 678 g/mol. The molecule has 0 amide bonds. The Morgan fingerprint density at radius 1 is 1.06 bits per heavy atom. The predicted octanol–water partition coefficient (Wildman–Crippen LogP) is 7.69. The fourth-order valence-electron chi connectivity index (χ4n) is 7.52. The smallest absolute Gasteiger partial charge is 0.354 e. The number of carboxylic acids is 1. The van der Waals surface area contributed by atoms with Gasteiger partial charge in [-0.05, 0) is 75.6 Å². The Balaban J connectivity index is 0.950. The minimum absolute atomic E-state index is 0.0324. The van der Waals surface area contributed by atoms with Crippen molar-refractivity contribution < 1.29 is 28.6 Å². The molecule has 1 saturated heterocycles. The summed E-state index contributed by atoms with van der Waals surface area (Å²) in [5.41, 5.74) is 3.65. The van der Waals surface area contributed by atoms with Crippen LogP contribution in [0.15, 0.2) is 41.2 Å². The molecule has 10 nitrogen and oxygen atoms in total. The summed E-state index contributed by atoms with van der Waals surface area (Å²) in [5.74, 6) is 0.971. The van der Waals surface area contributed by atoms with Crippen LogP contribution in [0.25, 0.3) is 22.2 Å². The lowest BCUT2D eigenvalue weighted by Gasteiger charge is -2.52. The summed E-state index contributed by atoms with van der Waals surface area (Å²) in [6.07, 6.45) is 11.4. The first-order valence-electron chi connectivity index (χ1n) is 16.3. The number of anilines is 1. The van der Waals surface area contributed by atoms with Gasteiger partial charge in [0.15, 0.2) is 5.69 Å². The van der Waals surface area contributed by atoms with Crippen molar-refractivity contribution in [1.29, 1.82) is 0 Å². The third-order valence-electron chi connectivity index (χ3n) is 10.8. The number of pyridine rings is 2. The van der Waals surface area contributed by atoms with E-state index in [4.69, 9.17) is 41.9 Å². The number of aromatic carboxylic acids is 1. The maximum absolute atomic E-state index is 11.8. The van der Waals surface area contributed by atoms with E-state index in [0.717, 1.165) is 79.5 Å². The van der Waals surface area contributed by atoms with E-state index in [2.05, 4.69) is 20.0 Å². The van der Waals surface area contributed by atoms with Crippen LogP contribution in [0.5, 0.6) is 5.75 Å². The lowest BCUT2D eigenvalue weighted by Crippen LogP contribution is -2.52. The Hall–Kier alpha value is -3.44. The van der Waals surface area contributed by atoms with Crippen LogP contribution in [0.4, 0.5) is 5.69 Å². The van der Waals surface area contributed by atoms with Gasteiger partial charge in [-0.15, -0.1) is 0 Å². The van der Waals surface area contributed by atoms with Gasteiger partial charge >= 0.3 is 5.97 Å². The summed E-state index contributed by atoms with van der Waals surface area (Å²) >= 11 is 13.0. The van der Waals surface area contributed by atoms with Crippen LogP contribution in [0.3, 0.4) is 0 Å². The fourth-order valence-corrected chi connectivity index (χ4v) is 8.06. The van der Waals surface area contributed by atoms with E-state index >= 15 is 0 Å². The molecule has 3 aromatic heterocycles. The van der Waals surface area contributed by atoms with Gasteiger partial charge in [-0.1, -0.05) is 28.4 Å². The number of aromatic nitrogens is 3. The van der Waals surface area contributed by atoms with Gasteiger partial charge in [0.2, 0.25) is 0 Å². The van der Waals surface area contributed by atoms with Crippen molar-refractivity contribution in [2.24, 2.45) is 5.41 Å². The van der Waals surface area contributed by atoms with E-state index in [-0.39, 0.29) is 22.8 Å². The molecule has 1 N–H and O–H groups in total. The largest absolute Gasteiger partial charge is 0.493 e. The van der Waals surface area contributed by atoms with Crippen molar-refractivity contribution in [3.63, 3.8) is 0 Å². The van der Waals surface area contributed by atoms with Crippen LogP contribution >= 0.6 is 23.2 Å². The van der Waals surface area contributed by atoms with Crippen molar-refractivity contribution in [3.8, 4) is 17.0 Å². The fraction of sp³-hybridized carbons (Fsp3) is 0.486. The lowest BCUT2D eigenvalue weighted by molar-refractivity contribution is -0.150. The molecule has 2 bridgehead atoms. The normalized spacial score (nSPS) is 24.1. The van der Waals surface area contributed by atoms with Crippen molar-refractivity contribution >= 4 is 45.8 Å². The molecule has 9 rings (SSSR count). The number of rotatable bonds is 11. The highest BCUT2D eigenvalue weighted by Gasteiger charge is 2.50. The van der Waals surface area contributed by atoms with Crippen molar-refractivity contribution in [2.45, 2.75) is 75.6 Å². The van der Waals surface area contributed by atoms with E-state index in [1.54, 1.807) is 25.6 Å². The summed E-state index contributed by atoms with van der Waals surface area (Å²) < 4.78 is 24.6. The van der Waals surface area contributed by atoms with Gasteiger partial charge < -0.3 is 28.7 Å². The maximum Gasteiger partial charge on any atom is 0.354 e. The second kappa shape index (κ2) is 11.9. The van der Waals surface area contributed by atoms with Crippen LogP contribution in [0.2, 0.25) is 10.0 Å². The second-order valence-corrected chi connectivity index (χ2v) is 14.5. The number of carboxylic acid groups (broad SMARTS) is 1. The summed E-state index contributed by atoms with van der Waals surface area (Å²) in [5, 5.41) is 15.8. The van der Waals surface area contributed by atoms with Crippen LogP contribution in [-0.2, 0) is 16.1 Å². The Bertz CT molecular complexity index is 1810. The lowest BCUT2D eigenvalue weighted by atomic mass is 9.59. The molecule has 47 heavy (non-hydrogen) atoms. The van der Waals surface area contributed by atoms with Gasteiger partial charge in [-0.2, -0.15) is 0 Å². The molecule has 4 saturated carbocycles. The molecule has 5 aliphatic rings. The van der Waals surface area contributed by atoms with Gasteiger partial charge in [0.05, 0.1) is 40.5 Å². The van der Waals surface area contributed by atoms with Gasteiger partial charge in [-0.25, -0.2) is 9.78 Å². The Morgan fingerprint density at radius 2 is 1.79 bits per heavy atom. The van der Waals surface area contributed by atoms with Crippen LogP contribution in [0, 0.1) is 5.41 Å². The van der Waals surface area contributed by atoms with Crippen molar-refractivity contribution in [2.75, 3.05) is 31.7 Å². The third kappa shape index (κ3) is 5.73. The highest BCUT2D eigenvalue weighted by molar-refractivity contribution is 6.38. The molecule has 5 fully saturated rings. The Morgan fingerprint density at radius 3 is 2.45 bits per heavy atom. The molecular formula is C35H36Cl2N4O6. The zero-order valence-corrected chi connectivity index (χ0v) is 27.6. The topological polar surface area (TPSA) is 120 Å². The average molecular weight is 680 g/mol. The number of nitrogens with zero attached hydrogens (tertiary/aromatic N) is 4. The van der Waals surface area contributed by atoms with Crippen LogP contribution in [-0.4, -0.2) is 64.7 Å². The molecule has 0 unspecified atom stereocenters. The second-order valence-electron chi connectivity index (χ2n) is 13.7. The molecular weight excluding hydrogens is 643 g/mol. The molecule has 1 aliphatic heterocycles. The van der Waals surface area contributed by atoms with E-state index in [9.17, 15) is 9.90 Å². The van der Waals surface area contributed by atoms with E-state index < -0.39 is 5.97 Å². The highest BCUT2D eigenvalue weighted by atomic mass is 35.5. The molecule has 4 aliphatic carbocycles. The molecule has 4 heterocycles. The number of hydrogen-bond acceptors (Lipinski definition) is 9. The summed E-state index contributed by atoms with van der Waals surface area (Å²) in [7, 11) is 1.70. The number of benzene rings is 1. The van der Waals surface area contributed by atoms with Gasteiger partial charge in [-0.3, -0.25) is 4.98 Å². The van der Waals surface area contributed by atoms with Crippen LogP contribution < -0.4 is 9.64 Å². The number of hydrogen-bond donors (Lipinski definition) is 1. The van der Waals surface area contributed by atoms with Crippen molar-refractivity contribution in [3.05, 3.63) is 63.7 Å². The highest BCUT2D eigenvalue weighted by Crippen LogP contribution is 2.55. The standard InChI is InChI=1S/C35H36Cl2N4O6/c1-44-22-16-41(17-22)29-13-28(33(42)43)39-27-5-4-21(12-23(27)29)45-19-34-6-9-35(10-7-34,11-8-34)46-18-24-31(40-47-32(24)20-2-3-20)30-25(36)14-38-15-26(30)37/h4-5,12-15,20,22H,2-3,6-11,16-19H2,1H3,(H,42,43). The SMILES string of the molecule is COC1CN(c2cc(C(=O)O)nc3ccc(OCC45CCC(OCc6c(-c7c(Cl)cncc7Cl)noc6C6CC6)(CC4)CC5)cc23)C1. The molecule has 0 spiro atoms. The maximum atomic E-state index is 11.8. The predicted molar refractivity (Wildman–Crippen MR) is 177 cm³/mol. The number of ether oxygens (including phenoxy) is 3. The number of carbonyl (C=O) groups is 1. The first kappa shape index (κ1) is 30.9. The molecule has 0 radical (unpaired) electrons. The van der Waals surface area contributed by atoms with E-state index in [0.29, 0.717) is 59.0 Å². The Kier molecular flexibility index (Phi) is 7.82. The summed E-state index contributed by atoms with van der Waals surface area (Å²) in [6.45, 7) is 2.44. The first-order valence-corrected chi connectivity index (χ1v) is 17.0. The first-order chi connectivity index (χ1) is 22.8. The van der Waals surface area contributed by atoms with Crippen molar-refractivity contribution in [1.82, 2.24) is 15.1 Å².